The Bertz CT molecular complexity index is 397. The van der Waals surface area contributed by atoms with Crippen LogP contribution in [0.2, 0.25) is 0 Å². The highest BCUT2D eigenvalue weighted by Crippen LogP contribution is 2.31. The van der Waals surface area contributed by atoms with Gasteiger partial charge in [0.1, 0.15) is 0 Å². The van der Waals surface area contributed by atoms with Crippen LogP contribution in [0.15, 0.2) is 0 Å². The molecule has 6 nitrogen and oxygen atoms in total. The van der Waals surface area contributed by atoms with E-state index in [0.717, 1.165) is 13.0 Å². The molecule has 0 amide bonds. The van der Waals surface area contributed by atoms with E-state index in [-0.39, 0.29) is 0 Å². The van der Waals surface area contributed by atoms with Crippen LogP contribution in [0.25, 0.3) is 0 Å². The number of hydrogen-bond donors (Lipinski definition) is 1. The number of likely N-dealkylation sites (N-methyl/N-ethyl adjacent to an activating group) is 1. The Labute approximate surface area is 115 Å². The van der Waals surface area contributed by atoms with Gasteiger partial charge in [0, 0.05) is 13.1 Å². The summed E-state index contributed by atoms with van der Waals surface area (Å²) in [6.45, 7) is 3.91. The van der Waals surface area contributed by atoms with Gasteiger partial charge in [-0.15, -0.1) is 0 Å². The number of hydrogen-bond acceptors (Lipinski definition) is 5. The molecule has 0 radical (unpaired) electrons. The molecule has 1 aliphatic carbocycles. The summed E-state index contributed by atoms with van der Waals surface area (Å²) in [6.07, 6.45) is 1.87. The first-order chi connectivity index (χ1) is 8.92. The monoisotopic (exact) mass is 292 g/mol. The maximum absolute atomic E-state index is 12.2. The summed E-state index contributed by atoms with van der Waals surface area (Å²) in [7, 11) is -0.214. The summed E-state index contributed by atoms with van der Waals surface area (Å²) >= 11 is 0. The quantitative estimate of drug-likeness (QED) is 0.678. The molecule has 0 aromatic heterocycles. The van der Waals surface area contributed by atoms with Crippen LogP contribution >= 0.6 is 0 Å². The van der Waals surface area contributed by atoms with E-state index in [1.807, 2.05) is 18.9 Å². The minimum absolute atomic E-state index is 0.372. The average Bonchev–Trinajstić information content (AvgIpc) is 2.87. The molecule has 2 unspecified atom stereocenters. The van der Waals surface area contributed by atoms with Gasteiger partial charge in [0.15, 0.2) is 0 Å². The molecule has 1 aliphatic rings. The van der Waals surface area contributed by atoms with Gasteiger partial charge in [0.25, 0.3) is 0 Å². The molecular weight excluding hydrogens is 268 g/mol. The molecule has 19 heavy (non-hydrogen) atoms. The van der Waals surface area contributed by atoms with E-state index in [0.29, 0.717) is 25.9 Å². The largest absolute Gasteiger partial charge is 0.469 e. The number of ether oxygens (including phenoxy) is 1. The van der Waals surface area contributed by atoms with Crippen molar-refractivity contribution < 1.29 is 17.9 Å². The van der Waals surface area contributed by atoms with E-state index in [1.165, 1.54) is 7.11 Å². The van der Waals surface area contributed by atoms with Gasteiger partial charge in [-0.3, -0.25) is 4.79 Å². The molecule has 0 saturated heterocycles. The predicted molar refractivity (Wildman–Crippen MR) is 73.2 cm³/mol. The molecule has 0 aromatic rings. The number of esters is 1. The molecule has 0 aliphatic heterocycles. The van der Waals surface area contributed by atoms with E-state index < -0.39 is 27.2 Å². The summed E-state index contributed by atoms with van der Waals surface area (Å²) in [5.41, 5.74) is 0. The van der Waals surface area contributed by atoms with Crippen molar-refractivity contribution in [3.05, 3.63) is 0 Å². The summed E-state index contributed by atoms with van der Waals surface area (Å²) in [5, 5.41) is -0.646. The molecule has 0 spiro atoms. The van der Waals surface area contributed by atoms with Crippen LogP contribution in [-0.2, 0) is 19.6 Å². The third-order valence-electron chi connectivity index (χ3n) is 3.69. The summed E-state index contributed by atoms with van der Waals surface area (Å²) in [5.74, 6) is -0.940. The number of rotatable bonds is 7. The highest BCUT2D eigenvalue weighted by Gasteiger charge is 2.41. The Morgan fingerprint density at radius 3 is 2.68 bits per heavy atom. The Hall–Kier alpha value is -0.660. The number of nitrogens with zero attached hydrogens (tertiary/aromatic N) is 1. The van der Waals surface area contributed by atoms with Gasteiger partial charge in [0.05, 0.1) is 18.3 Å². The molecule has 112 valence electrons. The zero-order chi connectivity index (χ0) is 14.5. The van der Waals surface area contributed by atoms with E-state index in [2.05, 4.69) is 9.46 Å². The van der Waals surface area contributed by atoms with Crippen LogP contribution in [-0.4, -0.2) is 58.3 Å². The van der Waals surface area contributed by atoms with Crippen LogP contribution in [0.4, 0.5) is 0 Å². The third-order valence-corrected chi connectivity index (χ3v) is 5.66. The van der Waals surface area contributed by atoms with Crippen molar-refractivity contribution >= 4 is 16.0 Å². The smallest absolute Gasteiger partial charge is 0.310 e. The lowest BCUT2D eigenvalue weighted by atomic mass is 10.1. The van der Waals surface area contributed by atoms with Crippen LogP contribution in [0.3, 0.4) is 0 Å². The maximum Gasteiger partial charge on any atom is 0.310 e. The number of nitrogens with one attached hydrogen (secondary N) is 1. The second kappa shape index (κ2) is 7.21. The van der Waals surface area contributed by atoms with Gasteiger partial charge in [-0.1, -0.05) is 13.3 Å². The Balaban J connectivity index is 2.58. The molecule has 1 rings (SSSR count). The van der Waals surface area contributed by atoms with Gasteiger partial charge >= 0.3 is 5.97 Å². The van der Waals surface area contributed by atoms with Gasteiger partial charge in [-0.25, -0.2) is 13.1 Å². The van der Waals surface area contributed by atoms with E-state index in [4.69, 9.17) is 0 Å². The third kappa shape index (κ3) is 4.43. The fourth-order valence-electron chi connectivity index (χ4n) is 2.36. The molecule has 0 heterocycles. The topological polar surface area (TPSA) is 75.7 Å². The number of methoxy groups -OCH3 is 1. The minimum Gasteiger partial charge on any atom is -0.469 e. The summed E-state index contributed by atoms with van der Waals surface area (Å²) in [4.78, 5) is 13.6. The standard InChI is InChI=1S/C12H24N2O4S/c1-4-14(2)9-8-13-19(16,17)11-7-5-6-10(11)12(15)18-3/h10-11,13H,4-9H2,1-3H3. The second-order valence-electron chi connectivity index (χ2n) is 4.93. The van der Waals surface area contributed by atoms with Crippen LogP contribution < -0.4 is 4.72 Å². The van der Waals surface area contributed by atoms with E-state index >= 15 is 0 Å². The predicted octanol–water partition coefficient (Wildman–Crippen LogP) is 0.199. The Morgan fingerprint density at radius 1 is 1.42 bits per heavy atom. The molecular formula is C12H24N2O4S. The average molecular weight is 292 g/mol. The first-order valence-electron chi connectivity index (χ1n) is 6.67. The number of carbonyl (C=O) groups is 1. The van der Waals surface area contributed by atoms with Crippen molar-refractivity contribution in [2.24, 2.45) is 5.92 Å². The fourth-order valence-corrected chi connectivity index (χ4v) is 4.11. The summed E-state index contributed by atoms with van der Waals surface area (Å²) in [6, 6.07) is 0. The van der Waals surface area contributed by atoms with Crippen molar-refractivity contribution in [2.45, 2.75) is 31.4 Å². The highest BCUT2D eigenvalue weighted by atomic mass is 32.2. The van der Waals surface area contributed by atoms with Crippen LogP contribution in [0, 0.1) is 5.92 Å². The molecule has 1 fully saturated rings. The van der Waals surface area contributed by atoms with Crippen molar-refractivity contribution in [1.82, 2.24) is 9.62 Å². The van der Waals surface area contributed by atoms with Crippen molar-refractivity contribution in [1.29, 1.82) is 0 Å². The molecule has 0 aromatic carbocycles. The van der Waals surface area contributed by atoms with Gasteiger partial charge in [-0.05, 0) is 26.4 Å². The van der Waals surface area contributed by atoms with Crippen molar-refractivity contribution in [3.8, 4) is 0 Å². The lowest BCUT2D eigenvalue weighted by Gasteiger charge is -2.20. The fraction of sp³-hybridized carbons (Fsp3) is 0.917. The molecule has 2 atom stereocenters. The van der Waals surface area contributed by atoms with E-state index in [9.17, 15) is 13.2 Å². The first kappa shape index (κ1) is 16.4. The Kier molecular flexibility index (Phi) is 6.22. The van der Waals surface area contributed by atoms with Crippen LogP contribution in [0.1, 0.15) is 26.2 Å². The normalized spacial score (nSPS) is 23.8. The van der Waals surface area contributed by atoms with E-state index in [1.54, 1.807) is 0 Å². The summed E-state index contributed by atoms with van der Waals surface area (Å²) < 4.78 is 31.7. The lowest BCUT2D eigenvalue weighted by molar-refractivity contribution is -0.145. The zero-order valence-corrected chi connectivity index (χ0v) is 12.7. The van der Waals surface area contributed by atoms with Gasteiger partial charge in [0.2, 0.25) is 10.0 Å². The van der Waals surface area contributed by atoms with Gasteiger partial charge < -0.3 is 9.64 Å². The molecule has 1 N–H and O–H groups in total. The number of sulfonamides is 1. The Morgan fingerprint density at radius 2 is 2.11 bits per heavy atom. The minimum atomic E-state index is -3.45. The van der Waals surface area contributed by atoms with Crippen molar-refractivity contribution in [3.63, 3.8) is 0 Å². The lowest BCUT2D eigenvalue weighted by Crippen LogP contribution is -2.42. The van der Waals surface area contributed by atoms with Crippen molar-refractivity contribution in [2.75, 3.05) is 33.8 Å². The molecule has 1 saturated carbocycles. The molecule has 7 heteroatoms. The second-order valence-corrected chi connectivity index (χ2v) is 6.92. The zero-order valence-electron chi connectivity index (χ0n) is 11.9. The SMILES string of the molecule is CCN(C)CCNS(=O)(=O)C1CCCC1C(=O)OC. The molecule has 0 bridgehead atoms. The van der Waals surface area contributed by atoms with Gasteiger partial charge in [-0.2, -0.15) is 0 Å². The maximum atomic E-state index is 12.2. The first-order valence-corrected chi connectivity index (χ1v) is 8.21. The number of carbonyl (C=O) groups excluding carboxylic acids is 1. The highest BCUT2D eigenvalue weighted by molar-refractivity contribution is 7.90. The van der Waals surface area contributed by atoms with Crippen LogP contribution in [0.5, 0.6) is 0 Å².